The topological polar surface area (TPSA) is 52.6 Å². The minimum atomic E-state index is 0.195. The lowest BCUT2D eigenvalue weighted by atomic mass is 10.1. The SMILES string of the molecule is CN=C(NCCc1csc(C(C)C)n1)NC(C)c1cccc(N2CCCC2)c1. The molecule has 2 N–H and O–H groups in total. The van der Waals surface area contributed by atoms with Crippen molar-refractivity contribution in [1.82, 2.24) is 15.6 Å². The molecule has 2 heterocycles. The van der Waals surface area contributed by atoms with Crippen LogP contribution in [0.5, 0.6) is 0 Å². The van der Waals surface area contributed by atoms with Gasteiger partial charge in [-0.25, -0.2) is 4.98 Å². The number of rotatable bonds is 7. The van der Waals surface area contributed by atoms with Gasteiger partial charge in [-0.05, 0) is 37.5 Å². The highest BCUT2D eigenvalue weighted by molar-refractivity contribution is 7.09. The summed E-state index contributed by atoms with van der Waals surface area (Å²) in [7, 11) is 1.82. The third-order valence-corrected chi connectivity index (χ3v) is 6.35. The normalized spacial score (nSPS) is 15.9. The molecule has 2 aromatic rings. The molecule has 28 heavy (non-hydrogen) atoms. The summed E-state index contributed by atoms with van der Waals surface area (Å²) in [6.07, 6.45) is 3.50. The first-order chi connectivity index (χ1) is 13.6. The van der Waals surface area contributed by atoms with E-state index in [2.05, 4.69) is 70.9 Å². The molecule has 0 saturated carbocycles. The third-order valence-electron chi connectivity index (χ3n) is 5.16. The van der Waals surface area contributed by atoms with E-state index in [9.17, 15) is 0 Å². The number of hydrogen-bond donors (Lipinski definition) is 2. The Morgan fingerprint density at radius 3 is 2.71 bits per heavy atom. The van der Waals surface area contributed by atoms with E-state index < -0.39 is 0 Å². The Bertz CT molecular complexity index is 777. The van der Waals surface area contributed by atoms with Crippen molar-refractivity contribution in [3.8, 4) is 0 Å². The molecular weight excluding hydrogens is 366 g/mol. The number of anilines is 1. The van der Waals surface area contributed by atoms with Gasteiger partial charge in [-0.3, -0.25) is 4.99 Å². The van der Waals surface area contributed by atoms with Gasteiger partial charge in [0.1, 0.15) is 0 Å². The molecule has 1 atom stereocenters. The standard InChI is InChI=1S/C22H33N5S/c1-16(2)21-26-19(15-28-21)10-11-24-22(23-4)25-17(3)18-8-7-9-20(14-18)27-12-5-6-13-27/h7-9,14-17H,5-6,10-13H2,1-4H3,(H2,23,24,25). The van der Waals surface area contributed by atoms with E-state index in [1.165, 1.54) is 42.2 Å². The Morgan fingerprint density at radius 2 is 2.04 bits per heavy atom. The summed E-state index contributed by atoms with van der Waals surface area (Å²) in [6.45, 7) is 9.72. The van der Waals surface area contributed by atoms with Crippen molar-refractivity contribution in [1.29, 1.82) is 0 Å². The molecule has 0 amide bonds. The average Bonchev–Trinajstić information content (AvgIpc) is 3.39. The van der Waals surface area contributed by atoms with Crippen LogP contribution in [0.3, 0.4) is 0 Å². The molecule has 0 aliphatic carbocycles. The van der Waals surface area contributed by atoms with Gasteiger partial charge in [0.15, 0.2) is 5.96 Å². The molecular formula is C22H33N5S. The number of aromatic nitrogens is 1. The third kappa shape index (κ3) is 5.47. The number of nitrogens with zero attached hydrogens (tertiary/aromatic N) is 3. The molecule has 6 heteroatoms. The second kappa shape index (κ2) is 9.92. The summed E-state index contributed by atoms with van der Waals surface area (Å²) in [4.78, 5) is 11.6. The molecule has 1 saturated heterocycles. The van der Waals surface area contributed by atoms with Crippen LogP contribution in [0.15, 0.2) is 34.6 Å². The Hall–Kier alpha value is -2.08. The Morgan fingerprint density at radius 1 is 1.25 bits per heavy atom. The van der Waals surface area contributed by atoms with Crippen molar-refractivity contribution in [2.24, 2.45) is 4.99 Å². The lowest BCUT2D eigenvalue weighted by Crippen LogP contribution is -2.39. The highest BCUT2D eigenvalue weighted by Crippen LogP contribution is 2.24. The average molecular weight is 400 g/mol. The maximum atomic E-state index is 4.70. The smallest absolute Gasteiger partial charge is 0.191 e. The second-order valence-electron chi connectivity index (χ2n) is 7.74. The van der Waals surface area contributed by atoms with Gasteiger partial charge in [-0.2, -0.15) is 0 Å². The van der Waals surface area contributed by atoms with Gasteiger partial charge in [-0.1, -0.05) is 26.0 Å². The van der Waals surface area contributed by atoms with E-state index in [0.29, 0.717) is 5.92 Å². The van der Waals surface area contributed by atoms with Gasteiger partial charge in [0.2, 0.25) is 0 Å². The minimum absolute atomic E-state index is 0.195. The van der Waals surface area contributed by atoms with Crippen molar-refractivity contribution in [2.45, 2.75) is 52.0 Å². The number of benzene rings is 1. The van der Waals surface area contributed by atoms with Crippen LogP contribution in [0.1, 0.15) is 61.8 Å². The van der Waals surface area contributed by atoms with Crippen LogP contribution >= 0.6 is 11.3 Å². The summed E-state index contributed by atoms with van der Waals surface area (Å²) < 4.78 is 0. The number of aliphatic imine (C=N–C) groups is 1. The van der Waals surface area contributed by atoms with E-state index >= 15 is 0 Å². The first kappa shape index (κ1) is 20.6. The summed E-state index contributed by atoms with van der Waals surface area (Å²) in [6, 6.07) is 9.06. The van der Waals surface area contributed by atoms with Crippen LogP contribution in [0, 0.1) is 0 Å². The van der Waals surface area contributed by atoms with Gasteiger partial charge in [0.05, 0.1) is 16.7 Å². The van der Waals surface area contributed by atoms with Gasteiger partial charge in [0, 0.05) is 50.1 Å². The molecule has 1 aliphatic heterocycles. The predicted molar refractivity (Wildman–Crippen MR) is 121 cm³/mol. The second-order valence-corrected chi connectivity index (χ2v) is 8.63. The molecule has 152 valence electrons. The van der Waals surface area contributed by atoms with Gasteiger partial charge < -0.3 is 15.5 Å². The molecule has 0 radical (unpaired) electrons. The van der Waals surface area contributed by atoms with Crippen LogP contribution < -0.4 is 15.5 Å². The first-order valence-corrected chi connectivity index (χ1v) is 11.2. The van der Waals surface area contributed by atoms with Crippen LogP contribution in [0.4, 0.5) is 5.69 Å². The zero-order valence-corrected chi connectivity index (χ0v) is 18.4. The van der Waals surface area contributed by atoms with Crippen molar-refractivity contribution >= 4 is 23.0 Å². The summed E-state index contributed by atoms with van der Waals surface area (Å²) in [5.74, 6) is 1.33. The predicted octanol–water partition coefficient (Wildman–Crippen LogP) is 4.34. The fourth-order valence-corrected chi connectivity index (χ4v) is 4.33. The fraction of sp³-hybridized carbons (Fsp3) is 0.545. The number of guanidine groups is 1. The van der Waals surface area contributed by atoms with Crippen LogP contribution in [0.2, 0.25) is 0 Å². The van der Waals surface area contributed by atoms with Crippen molar-refractivity contribution in [2.75, 3.05) is 31.6 Å². The zero-order valence-electron chi connectivity index (χ0n) is 17.5. The maximum absolute atomic E-state index is 4.70. The van der Waals surface area contributed by atoms with Crippen LogP contribution in [-0.2, 0) is 6.42 Å². The lowest BCUT2D eigenvalue weighted by Gasteiger charge is -2.22. The lowest BCUT2D eigenvalue weighted by molar-refractivity contribution is 0.682. The zero-order chi connectivity index (χ0) is 19.9. The number of thiazole rings is 1. The summed E-state index contributed by atoms with van der Waals surface area (Å²) in [5, 5.41) is 10.3. The molecule has 1 aromatic carbocycles. The molecule has 0 spiro atoms. The Balaban J connectivity index is 1.51. The highest BCUT2D eigenvalue weighted by atomic mass is 32.1. The molecule has 0 bridgehead atoms. The molecule has 1 aromatic heterocycles. The van der Waals surface area contributed by atoms with E-state index in [1.807, 2.05) is 7.05 Å². The molecule has 5 nitrogen and oxygen atoms in total. The van der Waals surface area contributed by atoms with E-state index in [0.717, 1.165) is 24.6 Å². The highest BCUT2D eigenvalue weighted by Gasteiger charge is 2.14. The van der Waals surface area contributed by atoms with Crippen LogP contribution in [-0.4, -0.2) is 37.6 Å². The Kier molecular flexibility index (Phi) is 7.31. The molecule has 1 unspecified atom stereocenters. The molecule has 3 rings (SSSR count). The summed E-state index contributed by atoms with van der Waals surface area (Å²) >= 11 is 1.75. The van der Waals surface area contributed by atoms with Crippen LogP contribution in [0.25, 0.3) is 0 Å². The van der Waals surface area contributed by atoms with E-state index in [1.54, 1.807) is 11.3 Å². The Labute approximate surface area is 173 Å². The van der Waals surface area contributed by atoms with Gasteiger partial charge >= 0.3 is 0 Å². The van der Waals surface area contributed by atoms with Gasteiger partial charge in [0.25, 0.3) is 0 Å². The number of hydrogen-bond acceptors (Lipinski definition) is 4. The van der Waals surface area contributed by atoms with Crippen molar-refractivity contribution < 1.29 is 0 Å². The summed E-state index contributed by atoms with van der Waals surface area (Å²) in [5.41, 5.74) is 3.77. The van der Waals surface area contributed by atoms with Crippen molar-refractivity contribution in [3.05, 3.63) is 45.9 Å². The van der Waals surface area contributed by atoms with E-state index in [4.69, 9.17) is 4.98 Å². The minimum Gasteiger partial charge on any atom is -0.372 e. The molecule has 1 aliphatic rings. The maximum Gasteiger partial charge on any atom is 0.191 e. The monoisotopic (exact) mass is 399 g/mol. The van der Waals surface area contributed by atoms with Crippen molar-refractivity contribution in [3.63, 3.8) is 0 Å². The van der Waals surface area contributed by atoms with Gasteiger partial charge in [-0.15, -0.1) is 11.3 Å². The number of nitrogens with one attached hydrogen (secondary N) is 2. The molecule has 1 fully saturated rings. The quantitative estimate of drug-likeness (QED) is 0.537. The van der Waals surface area contributed by atoms with E-state index in [-0.39, 0.29) is 6.04 Å². The fourth-order valence-electron chi connectivity index (χ4n) is 3.46. The largest absolute Gasteiger partial charge is 0.372 e. The first-order valence-electron chi connectivity index (χ1n) is 10.3.